The van der Waals surface area contributed by atoms with Crippen molar-refractivity contribution in [1.82, 2.24) is 0 Å². The molecule has 3 rings (SSSR count). The number of amides is 1. The number of ether oxygens (including phenoxy) is 1. The third-order valence-corrected chi connectivity index (χ3v) is 5.08. The Morgan fingerprint density at radius 3 is 2.52 bits per heavy atom. The van der Waals surface area contributed by atoms with Gasteiger partial charge in [0.25, 0.3) is 5.91 Å². The van der Waals surface area contributed by atoms with E-state index in [1.807, 2.05) is 25.1 Å². The lowest BCUT2D eigenvalue weighted by Gasteiger charge is -2.21. The Morgan fingerprint density at radius 1 is 1.11 bits per heavy atom. The first-order valence-corrected chi connectivity index (χ1v) is 9.83. The summed E-state index contributed by atoms with van der Waals surface area (Å²) in [5.74, 6) is 1.00. The van der Waals surface area contributed by atoms with Crippen molar-refractivity contribution in [2.45, 2.75) is 46.5 Å². The molecule has 27 heavy (non-hydrogen) atoms. The molecule has 4 heteroatoms. The van der Waals surface area contributed by atoms with Crippen LogP contribution in [0.5, 0.6) is 5.75 Å². The maximum absolute atomic E-state index is 12.4. The molecule has 0 bridgehead atoms. The second kappa shape index (κ2) is 8.47. The van der Waals surface area contributed by atoms with E-state index in [1.165, 1.54) is 24.1 Å². The number of hydrogen-bond donors (Lipinski definition) is 1. The van der Waals surface area contributed by atoms with Gasteiger partial charge in [0, 0.05) is 24.5 Å². The molecule has 2 aromatic carbocycles. The van der Waals surface area contributed by atoms with Gasteiger partial charge in [-0.2, -0.15) is 0 Å². The average Bonchev–Trinajstić information content (AvgIpc) is 3.14. The zero-order chi connectivity index (χ0) is 19.4. The standard InChI is InChI=1S/C23H30N2O2/c1-16(2)20-9-7-17(3)13-22(20)27-15-23(26)24-19-8-10-21(18(4)14-19)25-11-5-6-12-25/h7-10,13-14,16H,5-6,11-12,15H2,1-4H3,(H,24,26). The van der Waals surface area contributed by atoms with Gasteiger partial charge in [-0.25, -0.2) is 0 Å². The van der Waals surface area contributed by atoms with Crippen LogP contribution in [0.2, 0.25) is 0 Å². The van der Waals surface area contributed by atoms with E-state index >= 15 is 0 Å². The van der Waals surface area contributed by atoms with E-state index in [1.54, 1.807) is 0 Å². The summed E-state index contributed by atoms with van der Waals surface area (Å²) in [4.78, 5) is 14.8. The third-order valence-electron chi connectivity index (χ3n) is 5.08. The SMILES string of the molecule is Cc1ccc(C(C)C)c(OCC(=O)Nc2ccc(N3CCCC3)c(C)c2)c1. The van der Waals surface area contributed by atoms with Gasteiger partial charge in [0.1, 0.15) is 5.75 Å². The van der Waals surface area contributed by atoms with E-state index in [0.29, 0.717) is 5.92 Å². The molecule has 1 N–H and O–H groups in total. The van der Waals surface area contributed by atoms with Gasteiger partial charge in [0.05, 0.1) is 0 Å². The van der Waals surface area contributed by atoms with E-state index in [0.717, 1.165) is 35.7 Å². The maximum Gasteiger partial charge on any atom is 0.262 e. The number of nitrogens with one attached hydrogen (secondary N) is 1. The maximum atomic E-state index is 12.4. The Kier molecular flexibility index (Phi) is 6.04. The summed E-state index contributed by atoms with van der Waals surface area (Å²) in [7, 11) is 0. The van der Waals surface area contributed by atoms with Crippen molar-refractivity contribution in [3.63, 3.8) is 0 Å². The number of nitrogens with zero attached hydrogens (tertiary/aromatic N) is 1. The van der Waals surface area contributed by atoms with E-state index in [-0.39, 0.29) is 12.5 Å². The molecular formula is C23H30N2O2. The minimum absolute atomic E-state index is 0.0100. The molecule has 1 fully saturated rings. The molecule has 0 spiro atoms. The summed E-state index contributed by atoms with van der Waals surface area (Å²) in [6.07, 6.45) is 2.51. The molecule has 2 aromatic rings. The fraction of sp³-hybridized carbons (Fsp3) is 0.435. The van der Waals surface area contributed by atoms with Gasteiger partial charge in [-0.05, 0) is 73.6 Å². The number of rotatable bonds is 6. The topological polar surface area (TPSA) is 41.6 Å². The number of carbonyl (C=O) groups is 1. The summed E-state index contributed by atoms with van der Waals surface area (Å²) >= 11 is 0. The quantitative estimate of drug-likeness (QED) is 0.778. The first kappa shape index (κ1) is 19.3. The van der Waals surface area contributed by atoms with Gasteiger partial charge in [-0.3, -0.25) is 4.79 Å². The first-order valence-electron chi connectivity index (χ1n) is 9.83. The lowest BCUT2D eigenvalue weighted by Crippen LogP contribution is -2.21. The summed E-state index contributed by atoms with van der Waals surface area (Å²) in [6, 6.07) is 12.3. The van der Waals surface area contributed by atoms with Crippen LogP contribution in [0, 0.1) is 13.8 Å². The summed E-state index contributed by atoms with van der Waals surface area (Å²) in [5, 5.41) is 2.95. The van der Waals surface area contributed by atoms with Crippen molar-refractivity contribution in [3.8, 4) is 5.75 Å². The van der Waals surface area contributed by atoms with Crippen molar-refractivity contribution in [1.29, 1.82) is 0 Å². The largest absolute Gasteiger partial charge is 0.483 e. The van der Waals surface area contributed by atoms with Crippen molar-refractivity contribution in [2.24, 2.45) is 0 Å². The number of aryl methyl sites for hydroxylation is 2. The molecule has 0 aromatic heterocycles. The zero-order valence-electron chi connectivity index (χ0n) is 16.8. The van der Waals surface area contributed by atoms with Crippen LogP contribution in [0.4, 0.5) is 11.4 Å². The van der Waals surface area contributed by atoms with Crippen LogP contribution in [-0.2, 0) is 4.79 Å². The molecule has 0 atom stereocenters. The normalized spacial score (nSPS) is 13.9. The number of carbonyl (C=O) groups excluding carboxylic acids is 1. The van der Waals surface area contributed by atoms with Crippen molar-refractivity contribution < 1.29 is 9.53 Å². The Labute approximate surface area is 162 Å². The van der Waals surface area contributed by atoms with Gasteiger partial charge in [0.2, 0.25) is 0 Å². The van der Waals surface area contributed by atoms with Gasteiger partial charge in [-0.1, -0.05) is 26.0 Å². The van der Waals surface area contributed by atoms with Crippen LogP contribution in [0.3, 0.4) is 0 Å². The molecule has 0 radical (unpaired) electrons. The molecule has 0 saturated carbocycles. The Hall–Kier alpha value is -2.49. The first-order chi connectivity index (χ1) is 12.9. The molecule has 144 valence electrons. The summed E-state index contributed by atoms with van der Waals surface area (Å²) < 4.78 is 5.83. The molecule has 1 saturated heterocycles. The predicted molar refractivity (Wildman–Crippen MR) is 112 cm³/mol. The highest BCUT2D eigenvalue weighted by atomic mass is 16.5. The molecule has 1 aliphatic heterocycles. The molecular weight excluding hydrogens is 336 g/mol. The lowest BCUT2D eigenvalue weighted by atomic mass is 10.0. The van der Waals surface area contributed by atoms with Crippen LogP contribution < -0.4 is 15.0 Å². The fourth-order valence-corrected chi connectivity index (χ4v) is 3.63. The molecule has 0 aliphatic carbocycles. The van der Waals surface area contributed by atoms with E-state index in [9.17, 15) is 4.79 Å². The zero-order valence-corrected chi connectivity index (χ0v) is 16.8. The summed E-state index contributed by atoms with van der Waals surface area (Å²) in [6.45, 7) is 10.6. The Morgan fingerprint density at radius 2 is 1.85 bits per heavy atom. The molecule has 4 nitrogen and oxygen atoms in total. The van der Waals surface area contributed by atoms with E-state index in [2.05, 4.69) is 49.2 Å². The lowest BCUT2D eigenvalue weighted by molar-refractivity contribution is -0.118. The van der Waals surface area contributed by atoms with E-state index in [4.69, 9.17) is 4.74 Å². The van der Waals surface area contributed by atoms with Crippen LogP contribution in [-0.4, -0.2) is 25.6 Å². The highest BCUT2D eigenvalue weighted by Gasteiger charge is 2.15. The fourth-order valence-electron chi connectivity index (χ4n) is 3.63. The number of hydrogen-bond acceptors (Lipinski definition) is 3. The smallest absolute Gasteiger partial charge is 0.262 e. The van der Waals surface area contributed by atoms with Gasteiger partial charge in [-0.15, -0.1) is 0 Å². The number of anilines is 2. The van der Waals surface area contributed by atoms with E-state index < -0.39 is 0 Å². The van der Waals surface area contributed by atoms with Crippen molar-refractivity contribution >= 4 is 17.3 Å². The second-order valence-corrected chi connectivity index (χ2v) is 7.73. The molecule has 1 heterocycles. The molecule has 1 aliphatic rings. The summed E-state index contributed by atoms with van der Waals surface area (Å²) in [5.41, 5.74) is 5.53. The van der Waals surface area contributed by atoms with Gasteiger partial charge >= 0.3 is 0 Å². The molecule has 0 unspecified atom stereocenters. The minimum atomic E-state index is -0.139. The van der Waals surface area contributed by atoms with Crippen LogP contribution in [0.15, 0.2) is 36.4 Å². The highest BCUT2D eigenvalue weighted by molar-refractivity contribution is 5.92. The highest BCUT2D eigenvalue weighted by Crippen LogP contribution is 2.28. The third kappa shape index (κ3) is 4.82. The molecule has 1 amide bonds. The minimum Gasteiger partial charge on any atom is -0.483 e. The van der Waals surface area contributed by atoms with Crippen LogP contribution in [0.25, 0.3) is 0 Å². The van der Waals surface area contributed by atoms with Crippen molar-refractivity contribution in [3.05, 3.63) is 53.1 Å². The second-order valence-electron chi connectivity index (χ2n) is 7.73. The van der Waals surface area contributed by atoms with Crippen LogP contribution >= 0.6 is 0 Å². The monoisotopic (exact) mass is 366 g/mol. The Balaban J connectivity index is 1.61. The van der Waals surface area contributed by atoms with Crippen LogP contribution in [0.1, 0.15) is 49.3 Å². The predicted octanol–water partition coefficient (Wildman–Crippen LogP) is 5.04. The van der Waals surface area contributed by atoms with Crippen molar-refractivity contribution in [2.75, 3.05) is 29.9 Å². The van der Waals surface area contributed by atoms with Gasteiger partial charge in [0.15, 0.2) is 6.61 Å². The van der Waals surface area contributed by atoms with Gasteiger partial charge < -0.3 is 15.0 Å². The Bertz CT molecular complexity index is 808. The number of benzene rings is 2. The average molecular weight is 367 g/mol.